The van der Waals surface area contributed by atoms with Crippen LogP contribution in [0.1, 0.15) is 18.1 Å². The van der Waals surface area contributed by atoms with E-state index in [1.165, 1.54) is 18.2 Å². The molecule has 0 saturated carbocycles. The molecule has 0 unspecified atom stereocenters. The number of aliphatic carboxylic acids is 1. The number of ether oxygens (including phenoxy) is 1. The number of amides is 1. The highest BCUT2D eigenvalue weighted by molar-refractivity contribution is 6.32. The van der Waals surface area contributed by atoms with E-state index in [0.29, 0.717) is 11.3 Å². The molecule has 0 aliphatic carbocycles. The van der Waals surface area contributed by atoms with Gasteiger partial charge in [-0.1, -0.05) is 24.3 Å². The van der Waals surface area contributed by atoms with Crippen LogP contribution in [-0.4, -0.2) is 29.3 Å². The smallest absolute Gasteiger partial charge is 0.416 e. The molecule has 0 spiro atoms. The fraction of sp³-hybridized carbons (Fsp3) is 0.150. The molecule has 3 rings (SSSR count). The first-order valence-corrected chi connectivity index (χ1v) is 8.39. The van der Waals surface area contributed by atoms with E-state index in [0.717, 1.165) is 17.1 Å². The molecule has 9 heteroatoms. The normalized spacial score (nSPS) is 15.6. The second-order valence-electron chi connectivity index (χ2n) is 6.13. The lowest BCUT2D eigenvalue weighted by atomic mass is 10.1. The molecular weight excluding hydrogens is 389 g/mol. The van der Waals surface area contributed by atoms with E-state index in [9.17, 15) is 22.8 Å². The van der Waals surface area contributed by atoms with Gasteiger partial charge < -0.3 is 9.84 Å². The van der Waals surface area contributed by atoms with Crippen LogP contribution in [0.4, 0.5) is 18.9 Å². The molecule has 2 aromatic rings. The number of carbonyl (C=O) groups is 2. The predicted molar refractivity (Wildman–Crippen MR) is 99.6 cm³/mol. The highest BCUT2D eigenvalue weighted by atomic mass is 19.4. The van der Waals surface area contributed by atoms with Crippen molar-refractivity contribution in [1.29, 1.82) is 0 Å². The number of para-hydroxylation sites is 1. The summed E-state index contributed by atoms with van der Waals surface area (Å²) < 4.78 is 44.1. The van der Waals surface area contributed by atoms with Gasteiger partial charge in [-0.15, -0.1) is 0 Å². The van der Waals surface area contributed by atoms with Crippen LogP contribution < -0.4 is 9.75 Å². The molecule has 1 N–H and O–H groups in total. The van der Waals surface area contributed by atoms with E-state index in [4.69, 9.17) is 9.84 Å². The molecule has 1 amide bonds. The average Bonchev–Trinajstić information content (AvgIpc) is 2.95. The molecule has 0 fully saturated rings. The maximum Gasteiger partial charge on any atom is 0.416 e. The Morgan fingerprint density at radius 3 is 2.62 bits per heavy atom. The van der Waals surface area contributed by atoms with Crippen LogP contribution in [0, 0.1) is 0 Å². The van der Waals surface area contributed by atoms with Crippen molar-refractivity contribution in [2.45, 2.75) is 13.1 Å². The number of nitrogens with zero attached hydrogens (tertiary/aromatic N) is 2. The van der Waals surface area contributed by atoms with Gasteiger partial charge in [-0.3, -0.25) is 4.79 Å². The molecule has 1 aliphatic heterocycles. The van der Waals surface area contributed by atoms with Gasteiger partial charge in [0.2, 0.25) is 0 Å². The first kappa shape index (κ1) is 20.1. The molecule has 0 bridgehead atoms. The van der Waals surface area contributed by atoms with E-state index in [-0.39, 0.29) is 17.0 Å². The van der Waals surface area contributed by atoms with E-state index < -0.39 is 30.2 Å². The number of carboxylic acids is 1. The number of anilines is 1. The maximum atomic E-state index is 13.0. The molecule has 0 radical (unpaired) electrons. The van der Waals surface area contributed by atoms with E-state index >= 15 is 0 Å². The summed E-state index contributed by atoms with van der Waals surface area (Å²) in [6.07, 6.45) is -3.08. The maximum absolute atomic E-state index is 13.0. The zero-order valence-corrected chi connectivity index (χ0v) is 15.1. The van der Waals surface area contributed by atoms with Crippen molar-refractivity contribution in [3.8, 4) is 5.75 Å². The Morgan fingerprint density at radius 1 is 1.21 bits per heavy atom. The summed E-state index contributed by atoms with van der Waals surface area (Å²) in [5, 5.41) is 13.7. The zero-order valence-electron chi connectivity index (χ0n) is 15.1. The largest absolute Gasteiger partial charge is 0.481 e. The molecule has 1 heterocycles. The van der Waals surface area contributed by atoms with Gasteiger partial charge in [-0.05, 0) is 37.3 Å². The number of halogens is 3. The quantitative estimate of drug-likeness (QED) is 0.765. The minimum atomic E-state index is -4.55. The fourth-order valence-electron chi connectivity index (χ4n) is 2.70. The Hall–Kier alpha value is -3.62. The van der Waals surface area contributed by atoms with Gasteiger partial charge in [0.15, 0.2) is 6.61 Å². The molecule has 0 aromatic heterocycles. The minimum Gasteiger partial charge on any atom is -0.481 e. The van der Waals surface area contributed by atoms with Crippen molar-refractivity contribution in [2.24, 2.45) is 5.10 Å². The van der Waals surface area contributed by atoms with Gasteiger partial charge in [-0.2, -0.15) is 23.3 Å². The lowest BCUT2D eigenvalue weighted by molar-refractivity contribution is -0.139. The van der Waals surface area contributed by atoms with E-state index in [2.05, 4.69) is 5.10 Å². The summed E-state index contributed by atoms with van der Waals surface area (Å²) in [5.74, 6) is -1.51. The topological polar surface area (TPSA) is 79.2 Å². The first-order valence-electron chi connectivity index (χ1n) is 8.39. The number of hydrogen-bond donors (Lipinski definition) is 1. The molecule has 2 aromatic carbocycles. The number of carboxylic acid groups (broad SMARTS) is 1. The van der Waals surface area contributed by atoms with Gasteiger partial charge in [0.25, 0.3) is 5.91 Å². The number of alkyl halides is 3. The van der Waals surface area contributed by atoms with Crippen LogP contribution in [0.2, 0.25) is 0 Å². The van der Waals surface area contributed by atoms with Crippen molar-refractivity contribution in [2.75, 3.05) is 11.6 Å². The second-order valence-corrected chi connectivity index (χ2v) is 6.13. The van der Waals surface area contributed by atoms with Crippen molar-refractivity contribution in [3.63, 3.8) is 0 Å². The Kier molecular flexibility index (Phi) is 5.40. The summed E-state index contributed by atoms with van der Waals surface area (Å²) in [5.41, 5.74) is 0.00950. The third-order valence-electron chi connectivity index (χ3n) is 4.05. The van der Waals surface area contributed by atoms with Crippen LogP contribution in [-0.2, 0) is 15.8 Å². The summed E-state index contributed by atoms with van der Waals surface area (Å²) in [7, 11) is 0. The second kappa shape index (κ2) is 7.78. The highest BCUT2D eigenvalue weighted by Gasteiger charge is 2.33. The van der Waals surface area contributed by atoms with Crippen LogP contribution >= 0.6 is 0 Å². The van der Waals surface area contributed by atoms with Crippen LogP contribution in [0.5, 0.6) is 5.75 Å². The number of rotatable bonds is 5. The lowest BCUT2D eigenvalue weighted by Gasteiger charge is -2.14. The van der Waals surface area contributed by atoms with E-state index in [1.807, 2.05) is 0 Å². The molecule has 6 nitrogen and oxygen atoms in total. The Balaban J connectivity index is 1.93. The summed E-state index contributed by atoms with van der Waals surface area (Å²) in [6, 6.07) is 10.8. The average molecular weight is 404 g/mol. The summed E-state index contributed by atoms with van der Waals surface area (Å²) >= 11 is 0. The fourth-order valence-corrected chi connectivity index (χ4v) is 2.70. The van der Waals surface area contributed by atoms with Gasteiger partial charge in [0.05, 0.1) is 22.5 Å². The number of hydrazone groups is 1. The van der Waals surface area contributed by atoms with Gasteiger partial charge in [0.1, 0.15) is 5.75 Å². The summed E-state index contributed by atoms with van der Waals surface area (Å²) in [6.45, 7) is 0.996. The van der Waals surface area contributed by atoms with Crippen molar-refractivity contribution >= 4 is 29.4 Å². The van der Waals surface area contributed by atoms with Crippen molar-refractivity contribution in [3.05, 3.63) is 65.2 Å². The molecule has 0 saturated heterocycles. The molecule has 1 aliphatic rings. The Bertz CT molecular complexity index is 1030. The molecule has 29 heavy (non-hydrogen) atoms. The number of hydrogen-bond acceptors (Lipinski definition) is 4. The minimum absolute atomic E-state index is 0.0111. The standard InChI is InChI=1S/C20H15F3N2O4/c1-12-16(9-13-5-2-3-8-17(13)29-11-18(26)27)19(28)25(24-12)15-7-4-6-14(10-15)20(21,22)23/h2-10H,11H2,1H3,(H,26,27)/b16-9-. The Morgan fingerprint density at radius 2 is 1.93 bits per heavy atom. The first-order chi connectivity index (χ1) is 13.7. The van der Waals surface area contributed by atoms with Crippen LogP contribution in [0.25, 0.3) is 6.08 Å². The summed E-state index contributed by atoms with van der Waals surface area (Å²) in [4.78, 5) is 23.5. The molecular formula is C20H15F3N2O4. The van der Waals surface area contributed by atoms with Crippen LogP contribution in [0.3, 0.4) is 0 Å². The third kappa shape index (κ3) is 4.45. The SMILES string of the molecule is CC1=NN(c2cccc(C(F)(F)F)c2)C(=O)/C1=C\c1ccccc1OCC(=O)O. The third-order valence-corrected chi connectivity index (χ3v) is 4.05. The number of benzene rings is 2. The Labute approximate surface area is 163 Å². The molecule has 0 atom stereocenters. The van der Waals surface area contributed by atoms with Gasteiger partial charge in [0, 0.05) is 5.56 Å². The van der Waals surface area contributed by atoms with E-state index in [1.54, 1.807) is 31.2 Å². The highest BCUT2D eigenvalue weighted by Crippen LogP contribution is 2.33. The van der Waals surface area contributed by atoms with Gasteiger partial charge >= 0.3 is 12.1 Å². The number of carbonyl (C=O) groups excluding carboxylic acids is 1. The predicted octanol–water partition coefficient (Wildman–Crippen LogP) is 3.97. The molecule has 150 valence electrons. The van der Waals surface area contributed by atoms with Crippen LogP contribution in [0.15, 0.2) is 59.2 Å². The lowest BCUT2D eigenvalue weighted by Crippen LogP contribution is -2.21. The van der Waals surface area contributed by atoms with Crippen molar-refractivity contribution < 1.29 is 32.6 Å². The monoisotopic (exact) mass is 404 g/mol. The van der Waals surface area contributed by atoms with Gasteiger partial charge in [-0.25, -0.2) is 4.79 Å². The zero-order chi connectivity index (χ0) is 21.2. The van der Waals surface area contributed by atoms with Crippen molar-refractivity contribution in [1.82, 2.24) is 0 Å².